The lowest BCUT2D eigenvalue weighted by molar-refractivity contribution is 0.219. The van der Waals surface area contributed by atoms with E-state index in [9.17, 15) is 0 Å². The minimum Gasteiger partial charge on any atom is -0.396 e. The molecular formula is C15H34O. The molecular weight excluding hydrogens is 196 g/mol. The summed E-state index contributed by atoms with van der Waals surface area (Å²) in [7, 11) is 0. The third-order valence-corrected chi connectivity index (χ3v) is 4.41. The molecule has 0 unspecified atom stereocenters. The summed E-state index contributed by atoms with van der Waals surface area (Å²) < 4.78 is 0. The molecule has 0 heterocycles. The van der Waals surface area contributed by atoms with E-state index in [-0.39, 0.29) is 0 Å². The minimum atomic E-state index is 0.354. The molecule has 0 aromatic heterocycles. The first-order chi connectivity index (χ1) is 7.59. The maximum atomic E-state index is 8.53. The minimum absolute atomic E-state index is 0.354. The summed E-state index contributed by atoms with van der Waals surface area (Å²) in [6, 6.07) is 0. The Morgan fingerprint density at radius 2 is 1.06 bits per heavy atom. The van der Waals surface area contributed by atoms with E-state index in [1.165, 1.54) is 25.7 Å². The maximum Gasteiger partial charge on any atom is 0.0459 e. The van der Waals surface area contributed by atoms with Crippen molar-refractivity contribution in [2.75, 3.05) is 6.61 Å². The van der Waals surface area contributed by atoms with Gasteiger partial charge < -0.3 is 5.11 Å². The molecule has 0 amide bonds. The quantitative estimate of drug-likeness (QED) is 0.650. The number of aliphatic hydroxyl groups excluding tert-OH is 1. The standard InChI is InChI=1S/C9H20.C6H14O/c1-5-9(6-2,7-3)8-4;1-3-6(4-2)5-7/h5-8H2,1-4H3;6-7H,3-5H2,1-2H3. The molecule has 1 N–H and O–H groups in total. The highest BCUT2D eigenvalue weighted by Gasteiger charge is 2.20. The van der Waals surface area contributed by atoms with E-state index < -0.39 is 0 Å². The van der Waals surface area contributed by atoms with Gasteiger partial charge in [0, 0.05) is 6.61 Å². The molecule has 0 rings (SSSR count). The zero-order valence-electron chi connectivity index (χ0n) is 12.5. The van der Waals surface area contributed by atoms with Crippen molar-refractivity contribution in [3.8, 4) is 0 Å². The molecule has 0 bridgehead atoms. The molecule has 1 heteroatoms. The Hall–Kier alpha value is -0.0400. The molecule has 0 atom stereocenters. The summed E-state index contributed by atoms with van der Waals surface area (Å²) >= 11 is 0. The molecule has 0 aromatic carbocycles. The summed E-state index contributed by atoms with van der Waals surface area (Å²) in [5.41, 5.74) is 0.667. The second kappa shape index (κ2) is 11.4. The first-order valence-corrected chi connectivity index (χ1v) is 7.20. The molecule has 1 nitrogen and oxygen atoms in total. The van der Waals surface area contributed by atoms with Crippen LogP contribution in [-0.4, -0.2) is 11.7 Å². The van der Waals surface area contributed by atoms with E-state index in [4.69, 9.17) is 5.11 Å². The maximum absolute atomic E-state index is 8.53. The SMILES string of the molecule is CCC(CC)(CC)CC.CCC(CC)CO. The molecule has 0 aromatic rings. The van der Waals surface area contributed by atoms with Crippen LogP contribution in [0.5, 0.6) is 0 Å². The van der Waals surface area contributed by atoms with Crippen LogP contribution in [0.1, 0.15) is 80.1 Å². The van der Waals surface area contributed by atoms with Gasteiger partial charge in [-0.05, 0) is 11.3 Å². The Labute approximate surface area is 104 Å². The third-order valence-electron chi connectivity index (χ3n) is 4.41. The third kappa shape index (κ3) is 7.27. The molecule has 100 valence electrons. The van der Waals surface area contributed by atoms with Crippen LogP contribution in [0, 0.1) is 11.3 Å². The Morgan fingerprint density at radius 1 is 0.750 bits per heavy atom. The fourth-order valence-electron chi connectivity index (χ4n) is 2.05. The molecule has 16 heavy (non-hydrogen) atoms. The Balaban J connectivity index is 0. The summed E-state index contributed by atoms with van der Waals surface area (Å²) in [5, 5.41) is 8.53. The van der Waals surface area contributed by atoms with E-state index in [0.29, 0.717) is 17.9 Å². The van der Waals surface area contributed by atoms with E-state index in [1.807, 2.05) is 0 Å². The van der Waals surface area contributed by atoms with Crippen LogP contribution >= 0.6 is 0 Å². The van der Waals surface area contributed by atoms with Gasteiger partial charge >= 0.3 is 0 Å². The molecule has 0 radical (unpaired) electrons. The number of hydrogen-bond donors (Lipinski definition) is 1. The predicted molar refractivity (Wildman–Crippen MR) is 74.8 cm³/mol. The molecule has 0 aliphatic rings. The van der Waals surface area contributed by atoms with E-state index >= 15 is 0 Å². The molecule has 0 aliphatic carbocycles. The molecule has 0 spiro atoms. The highest BCUT2D eigenvalue weighted by atomic mass is 16.3. The lowest BCUT2D eigenvalue weighted by Gasteiger charge is -2.28. The lowest BCUT2D eigenvalue weighted by Crippen LogP contribution is -2.15. The van der Waals surface area contributed by atoms with Crippen molar-refractivity contribution in [3.63, 3.8) is 0 Å². The highest BCUT2D eigenvalue weighted by Crippen LogP contribution is 2.33. The van der Waals surface area contributed by atoms with Gasteiger partial charge in [0.25, 0.3) is 0 Å². The van der Waals surface area contributed by atoms with Gasteiger partial charge in [0.15, 0.2) is 0 Å². The summed E-state index contributed by atoms with van der Waals surface area (Å²) in [4.78, 5) is 0. The van der Waals surface area contributed by atoms with Crippen molar-refractivity contribution in [2.24, 2.45) is 11.3 Å². The fourth-order valence-corrected chi connectivity index (χ4v) is 2.05. The monoisotopic (exact) mass is 230 g/mol. The average molecular weight is 230 g/mol. The van der Waals surface area contributed by atoms with Gasteiger partial charge in [0.05, 0.1) is 0 Å². The first kappa shape index (κ1) is 18.3. The predicted octanol–water partition coefficient (Wildman–Crippen LogP) is 5.03. The van der Waals surface area contributed by atoms with Crippen LogP contribution in [0.2, 0.25) is 0 Å². The van der Waals surface area contributed by atoms with Crippen molar-refractivity contribution in [1.82, 2.24) is 0 Å². The van der Waals surface area contributed by atoms with Crippen molar-refractivity contribution < 1.29 is 5.11 Å². The van der Waals surface area contributed by atoms with Crippen molar-refractivity contribution in [2.45, 2.75) is 80.1 Å². The zero-order chi connectivity index (χ0) is 13.0. The summed E-state index contributed by atoms with van der Waals surface area (Å²) in [6.07, 6.45) is 7.58. The van der Waals surface area contributed by atoms with Crippen molar-refractivity contribution >= 4 is 0 Å². The van der Waals surface area contributed by atoms with Gasteiger partial charge in [-0.15, -0.1) is 0 Å². The van der Waals surface area contributed by atoms with Crippen LogP contribution in [0.4, 0.5) is 0 Å². The first-order valence-electron chi connectivity index (χ1n) is 7.20. The van der Waals surface area contributed by atoms with Gasteiger partial charge in [-0.1, -0.05) is 80.1 Å². The highest BCUT2D eigenvalue weighted by molar-refractivity contribution is 4.72. The van der Waals surface area contributed by atoms with E-state index in [2.05, 4.69) is 41.5 Å². The van der Waals surface area contributed by atoms with E-state index in [0.717, 1.165) is 12.8 Å². The fraction of sp³-hybridized carbons (Fsp3) is 1.00. The molecule has 0 saturated carbocycles. The van der Waals surface area contributed by atoms with Crippen molar-refractivity contribution in [3.05, 3.63) is 0 Å². The van der Waals surface area contributed by atoms with Crippen LogP contribution in [-0.2, 0) is 0 Å². The van der Waals surface area contributed by atoms with Crippen LogP contribution in [0.3, 0.4) is 0 Å². The molecule has 0 aliphatic heterocycles. The molecule has 0 saturated heterocycles. The summed E-state index contributed by atoms with van der Waals surface area (Å²) in [5.74, 6) is 0.542. The van der Waals surface area contributed by atoms with Gasteiger partial charge in [-0.2, -0.15) is 0 Å². The number of hydrogen-bond acceptors (Lipinski definition) is 1. The topological polar surface area (TPSA) is 20.2 Å². The smallest absolute Gasteiger partial charge is 0.0459 e. The van der Waals surface area contributed by atoms with Crippen LogP contribution in [0.25, 0.3) is 0 Å². The van der Waals surface area contributed by atoms with Crippen LogP contribution in [0.15, 0.2) is 0 Å². The average Bonchev–Trinajstić information content (AvgIpc) is 2.36. The number of rotatable bonds is 7. The second-order valence-electron chi connectivity index (χ2n) is 4.78. The van der Waals surface area contributed by atoms with Gasteiger partial charge in [-0.25, -0.2) is 0 Å². The van der Waals surface area contributed by atoms with Gasteiger partial charge in [-0.3, -0.25) is 0 Å². The Kier molecular flexibility index (Phi) is 13.1. The Morgan fingerprint density at radius 3 is 1.06 bits per heavy atom. The normalized spacial score (nSPS) is 11.2. The van der Waals surface area contributed by atoms with Crippen LogP contribution < -0.4 is 0 Å². The number of aliphatic hydroxyl groups is 1. The lowest BCUT2D eigenvalue weighted by atomic mass is 9.78. The largest absolute Gasteiger partial charge is 0.396 e. The van der Waals surface area contributed by atoms with Gasteiger partial charge in [0.2, 0.25) is 0 Å². The van der Waals surface area contributed by atoms with Gasteiger partial charge in [0.1, 0.15) is 0 Å². The summed E-state index contributed by atoms with van der Waals surface area (Å²) in [6.45, 7) is 13.8. The second-order valence-corrected chi connectivity index (χ2v) is 4.78. The Bertz CT molecular complexity index is 100. The zero-order valence-corrected chi connectivity index (χ0v) is 12.5. The van der Waals surface area contributed by atoms with Crippen molar-refractivity contribution in [1.29, 1.82) is 0 Å². The van der Waals surface area contributed by atoms with E-state index in [1.54, 1.807) is 0 Å². The molecule has 0 fully saturated rings.